The number of amides is 1. The van der Waals surface area contributed by atoms with Gasteiger partial charge in [0, 0.05) is 55.6 Å². The van der Waals surface area contributed by atoms with Crippen molar-refractivity contribution < 1.29 is 9.21 Å². The van der Waals surface area contributed by atoms with E-state index in [2.05, 4.69) is 50.1 Å². The number of aromatic nitrogens is 1. The number of carbonyl (C=O) groups is 1. The van der Waals surface area contributed by atoms with E-state index in [1.54, 1.807) is 6.20 Å². The van der Waals surface area contributed by atoms with Gasteiger partial charge in [-0.2, -0.15) is 0 Å². The van der Waals surface area contributed by atoms with Crippen molar-refractivity contribution in [3.8, 4) is 11.3 Å². The van der Waals surface area contributed by atoms with Gasteiger partial charge in [-0.25, -0.2) is 4.98 Å². The van der Waals surface area contributed by atoms with Gasteiger partial charge in [0.05, 0.1) is 6.20 Å². The molecule has 1 aliphatic heterocycles. The molecule has 6 heteroatoms. The highest BCUT2D eigenvalue weighted by Gasteiger charge is 2.20. The van der Waals surface area contributed by atoms with Gasteiger partial charge in [0.2, 0.25) is 5.91 Å². The highest BCUT2D eigenvalue weighted by atomic mass is 79.9. The molecule has 31 heavy (non-hydrogen) atoms. The molecule has 0 aliphatic carbocycles. The topological polar surface area (TPSA) is 49.6 Å². The van der Waals surface area contributed by atoms with Crippen LogP contribution in [0, 0.1) is 0 Å². The molecule has 2 heterocycles. The molecule has 3 aromatic rings. The van der Waals surface area contributed by atoms with Gasteiger partial charge < -0.3 is 9.32 Å². The summed E-state index contributed by atoms with van der Waals surface area (Å²) in [5.74, 6) is 1.50. The molecule has 2 aromatic carbocycles. The van der Waals surface area contributed by atoms with Crippen molar-refractivity contribution >= 4 is 27.9 Å². The van der Waals surface area contributed by atoms with Crippen molar-refractivity contribution in [2.24, 2.45) is 0 Å². The third-order valence-electron chi connectivity index (χ3n) is 5.41. The molecule has 1 aliphatic rings. The van der Waals surface area contributed by atoms with Gasteiger partial charge in [0.1, 0.15) is 0 Å². The Hall–Kier alpha value is -2.70. The van der Waals surface area contributed by atoms with Crippen molar-refractivity contribution in [2.45, 2.75) is 12.8 Å². The summed E-state index contributed by atoms with van der Waals surface area (Å²) >= 11 is 3.47. The number of halogens is 1. The summed E-state index contributed by atoms with van der Waals surface area (Å²) in [4.78, 5) is 21.3. The molecule has 1 saturated heterocycles. The summed E-state index contributed by atoms with van der Waals surface area (Å²) in [6.45, 7) is 4.25. The van der Waals surface area contributed by atoms with Crippen molar-refractivity contribution in [1.82, 2.24) is 14.8 Å². The fourth-order valence-electron chi connectivity index (χ4n) is 3.65. The first kappa shape index (κ1) is 21.5. The lowest BCUT2D eigenvalue weighted by Crippen LogP contribution is -2.48. The molecule has 0 atom stereocenters. The van der Waals surface area contributed by atoms with Crippen LogP contribution in [0.3, 0.4) is 0 Å². The molecule has 0 saturated carbocycles. The molecule has 1 aromatic heterocycles. The van der Waals surface area contributed by atoms with E-state index in [4.69, 9.17) is 4.42 Å². The average molecular weight is 480 g/mol. The molecule has 5 nitrogen and oxygen atoms in total. The molecule has 0 spiro atoms. The predicted molar refractivity (Wildman–Crippen MR) is 126 cm³/mol. The second-order valence-electron chi connectivity index (χ2n) is 7.62. The normalized spacial score (nSPS) is 14.9. The van der Waals surface area contributed by atoms with E-state index in [1.807, 2.05) is 47.4 Å². The first-order valence-corrected chi connectivity index (χ1v) is 11.4. The molecule has 0 N–H and O–H groups in total. The smallest absolute Gasteiger partial charge is 0.223 e. The van der Waals surface area contributed by atoms with E-state index in [-0.39, 0.29) is 5.91 Å². The van der Waals surface area contributed by atoms with Crippen molar-refractivity contribution in [3.63, 3.8) is 0 Å². The Balaban J connectivity index is 1.20. The van der Waals surface area contributed by atoms with Gasteiger partial charge in [-0.05, 0) is 17.7 Å². The summed E-state index contributed by atoms with van der Waals surface area (Å²) in [7, 11) is 0. The van der Waals surface area contributed by atoms with Gasteiger partial charge in [-0.3, -0.25) is 9.69 Å². The fraction of sp³-hybridized carbons (Fsp3) is 0.280. The average Bonchev–Trinajstić information content (AvgIpc) is 3.28. The van der Waals surface area contributed by atoms with Crippen LogP contribution >= 0.6 is 15.9 Å². The molecular weight excluding hydrogens is 454 g/mol. The largest absolute Gasteiger partial charge is 0.441 e. The highest BCUT2D eigenvalue weighted by Crippen LogP contribution is 2.24. The number of nitrogens with zero attached hydrogens (tertiary/aromatic N) is 3. The first-order chi connectivity index (χ1) is 15.2. The molecule has 0 unspecified atom stereocenters. The lowest BCUT2D eigenvalue weighted by atomic mass is 10.2. The second kappa shape index (κ2) is 10.6. The first-order valence-electron chi connectivity index (χ1n) is 10.6. The Kier molecular flexibility index (Phi) is 7.33. The van der Waals surface area contributed by atoms with Gasteiger partial charge in [0.25, 0.3) is 0 Å². The number of carbonyl (C=O) groups excluding carboxylic acids is 1. The second-order valence-corrected chi connectivity index (χ2v) is 8.54. The lowest BCUT2D eigenvalue weighted by Gasteiger charge is -2.34. The highest BCUT2D eigenvalue weighted by molar-refractivity contribution is 9.10. The Bertz CT molecular complexity index is 1020. The van der Waals surface area contributed by atoms with Crippen LogP contribution in [-0.4, -0.2) is 53.4 Å². The van der Waals surface area contributed by atoms with Gasteiger partial charge >= 0.3 is 0 Å². The minimum Gasteiger partial charge on any atom is -0.441 e. The molecule has 4 rings (SSSR count). The molecule has 1 fully saturated rings. The number of benzene rings is 2. The lowest BCUT2D eigenvalue weighted by molar-refractivity contribution is -0.132. The zero-order valence-electron chi connectivity index (χ0n) is 17.4. The number of hydrogen-bond acceptors (Lipinski definition) is 4. The molecule has 1 amide bonds. The standard InChI is InChI=1S/C25H26BrN3O2/c26-22-10-4-9-21(18-22)23-19-27-24(31-23)11-12-25(30)29-16-14-28(15-17-29)13-5-8-20-6-2-1-3-7-20/h1-10,18-19H,11-17H2/b8-5+. The van der Waals surface area contributed by atoms with Gasteiger partial charge in [0.15, 0.2) is 11.7 Å². The van der Waals surface area contributed by atoms with Gasteiger partial charge in [-0.1, -0.05) is 70.5 Å². The Morgan fingerprint density at radius 1 is 1.06 bits per heavy atom. The molecular formula is C25H26BrN3O2. The number of rotatable bonds is 7. The minimum absolute atomic E-state index is 0.168. The maximum atomic E-state index is 12.6. The molecule has 0 bridgehead atoms. The summed E-state index contributed by atoms with van der Waals surface area (Å²) < 4.78 is 6.84. The third kappa shape index (κ3) is 6.15. The van der Waals surface area contributed by atoms with E-state index in [1.165, 1.54) is 5.56 Å². The minimum atomic E-state index is 0.168. The van der Waals surface area contributed by atoms with Crippen LogP contribution in [0.4, 0.5) is 0 Å². The van der Waals surface area contributed by atoms with E-state index < -0.39 is 0 Å². The van der Waals surface area contributed by atoms with Gasteiger partial charge in [-0.15, -0.1) is 0 Å². The van der Waals surface area contributed by atoms with Crippen molar-refractivity contribution in [2.75, 3.05) is 32.7 Å². The van der Waals surface area contributed by atoms with E-state index >= 15 is 0 Å². The number of piperazine rings is 1. The third-order valence-corrected chi connectivity index (χ3v) is 5.91. The van der Waals surface area contributed by atoms with E-state index in [9.17, 15) is 4.79 Å². The molecule has 0 radical (unpaired) electrons. The van der Waals surface area contributed by atoms with Crippen LogP contribution in [0.25, 0.3) is 17.4 Å². The van der Waals surface area contributed by atoms with Crippen LogP contribution in [-0.2, 0) is 11.2 Å². The van der Waals surface area contributed by atoms with Crippen molar-refractivity contribution in [3.05, 3.63) is 82.8 Å². The number of oxazole rings is 1. The summed E-state index contributed by atoms with van der Waals surface area (Å²) in [5.41, 5.74) is 2.18. The van der Waals surface area contributed by atoms with Crippen LogP contribution < -0.4 is 0 Å². The Morgan fingerprint density at radius 2 is 1.87 bits per heavy atom. The zero-order valence-corrected chi connectivity index (χ0v) is 19.0. The van der Waals surface area contributed by atoms with E-state index in [0.29, 0.717) is 18.7 Å². The summed E-state index contributed by atoms with van der Waals surface area (Å²) in [6, 6.07) is 18.2. The SMILES string of the molecule is O=C(CCc1ncc(-c2cccc(Br)c2)o1)N1CCN(C/C=C/c2ccccc2)CC1. The monoisotopic (exact) mass is 479 g/mol. The van der Waals surface area contributed by atoms with Crippen LogP contribution in [0.1, 0.15) is 17.9 Å². The Morgan fingerprint density at radius 3 is 2.65 bits per heavy atom. The maximum absolute atomic E-state index is 12.6. The van der Waals surface area contributed by atoms with Crippen LogP contribution in [0.5, 0.6) is 0 Å². The van der Waals surface area contributed by atoms with Crippen LogP contribution in [0.2, 0.25) is 0 Å². The number of hydrogen-bond donors (Lipinski definition) is 0. The molecule has 160 valence electrons. The fourth-order valence-corrected chi connectivity index (χ4v) is 4.05. The predicted octanol–water partition coefficient (Wildman–Crippen LogP) is 4.89. The van der Waals surface area contributed by atoms with Crippen molar-refractivity contribution in [1.29, 1.82) is 0 Å². The van der Waals surface area contributed by atoms with E-state index in [0.717, 1.165) is 48.5 Å². The zero-order chi connectivity index (χ0) is 21.5. The Labute approximate surface area is 191 Å². The van der Waals surface area contributed by atoms with Crippen LogP contribution in [0.15, 0.2) is 75.8 Å². The maximum Gasteiger partial charge on any atom is 0.223 e. The number of aryl methyl sites for hydroxylation is 1. The quantitative estimate of drug-likeness (QED) is 0.483. The summed E-state index contributed by atoms with van der Waals surface area (Å²) in [5, 5.41) is 0. The summed E-state index contributed by atoms with van der Waals surface area (Å²) in [6.07, 6.45) is 7.01.